The van der Waals surface area contributed by atoms with Crippen LogP contribution in [-0.4, -0.2) is 21.7 Å². The van der Waals surface area contributed by atoms with Crippen LogP contribution in [0.5, 0.6) is 0 Å². The number of benzene rings is 2. The molecule has 3 aliphatic carbocycles. The van der Waals surface area contributed by atoms with Crippen LogP contribution in [0.4, 0.5) is 5.13 Å². The third-order valence-electron chi connectivity index (χ3n) is 7.76. The summed E-state index contributed by atoms with van der Waals surface area (Å²) >= 11 is 6.31. The van der Waals surface area contributed by atoms with E-state index in [1.54, 1.807) is 35.1 Å². The molecule has 0 N–H and O–H groups in total. The van der Waals surface area contributed by atoms with Gasteiger partial charge in [0, 0.05) is 42.4 Å². The van der Waals surface area contributed by atoms with Crippen molar-refractivity contribution in [2.45, 2.75) is 44.1 Å². The first kappa shape index (κ1) is 24.6. The predicted molar refractivity (Wildman–Crippen MR) is 151 cm³/mol. The fraction of sp³-hybridized carbons (Fsp3) is 0.310. The van der Waals surface area contributed by atoms with Gasteiger partial charge in [0.05, 0.1) is 6.04 Å². The van der Waals surface area contributed by atoms with E-state index >= 15 is 0 Å². The number of fused-ring (bicyclic) bond motifs is 6. The SMILES string of the molecule is Brc1nccs1.O=C1C[C@H]2Cc3ccccc3[C@H]2C1.O=C1C[C@H]2Cc3ccccc3[C@H]2N1c1nccs1. The molecule has 2 aromatic heterocycles. The lowest BCUT2D eigenvalue weighted by Crippen LogP contribution is -2.27. The number of nitrogens with zero attached hydrogens (tertiary/aromatic N) is 3. The van der Waals surface area contributed by atoms with Crippen molar-refractivity contribution in [2.75, 3.05) is 4.90 Å². The summed E-state index contributed by atoms with van der Waals surface area (Å²) in [6.45, 7) is 0. The Morgan fingerprint density at radius 1 is 0.757 bits per heavy atom. The van der Waals surface area contributed by atoms with E-state index in [0.717, 1.165) is 34.7 Å². The molecule has 0 radical (unpaired) electrons. The standard InChI is InChI=1S/C14H12N2OS.C12H12O.C3H2BrNS/c17-12-8-10-7-9-3-1-2-4-11(9)13(10)16(12)14-15-5-6-18-14;13-10-6-9-5-8-3-1-2-4-11(8)12(9)7-10;4-3-5-1-2-6-3/h1-6,10,13H,7-8H2;1-4,9,12H,5-7H2;1-2H/t10-,13+;9-,12+;/m11./s1. The molecule has 1 amide bonds. The van der Waals surface area contributed by atoms with Crippen LogP contribution in [0.3, 0.4) is 0 Å². The van der Waals surface area contributed by atoms with Crippen molar-refractivity contribution in [1.29, 1.82) is 0 Å². The van der Waals surface area contributed by atoms with E-state index in [2.05, 4.69) is 74.4 Å². The molecule has 5 nitrogen and oxygen atoms in total. The average molecular weight is 593 g/mol. The molecular weight excluding hydrogens is 566 g/mol. The van der Waals surface area contributed by atoms with Crippen LogP contribution in [0.1, 0.15) is 53.5 Å². The number of hydrogen-bond acceptors (Lipinski definition) is 6. The van der Waals surface area contributed by atoms with Gasteiger partial charge in [-0.3, -0.25) is 14.5 Å². The van der Waals surface area contributed by atoms with E-state index in [1.807, 2.05) is 15.7 Å². The molecule has 188 valence electrons. The monoisotopic (exact) mass is 591 g/mol. The highest BCUT2D eigenvalue weighted by Crippen LogP contribution is 2.49. The number of anilines is 1. The Morgan fingerprint density at radius 2 is 1.43 bits per heavy atom. The molecule has 4 aromatic rings. The summed E-state index contributed by atoms with van der Waals surface area (Å²) in [6, 6.07) is 17.3. The quantitative estimate of drug-likeness (QED) is 0.239. The molecule has 1 aliphatic heterocycles. The van der Waals surface area contributed by atoms with Gasteiger partial charge in [0.25, 0.3) is 0 Å². The summed E-state index contributed by atoms with van der Waals surface area (Å²) in [7, 11) is 0. The van der Waals surface area contributed by atoms with E-state index in [9.17, 15) is 9.59 Å². The van der Waals surface area contributed by atoms with Gasteiger partial charge in [0.2, 0.25) is 5.91 Å². The molecule has 4 aliphatic rings. The van der Waals surface area contributed by atoms with Crippen molar-refractivity contribution in [3.63, 3.8) is 0 Å². The molecule has 1 saturated heterocycles. The van der Waals surface area contributed by atoms with Crippen molar-refractivity contribution in [3.05, 3.63) is 97.9 Å². The smallest absolute Gasteiger partial charge is 0.229 e. The van der Waals surface area contributed by atoms with Crippen molar-refractivity contribution in [1.82, 2.24) is 9.97 Å². The molecule has 1 saturated carbocycles. The normalized spacial score (nSPS) is 24.4. The van der Waals surface area contributed by atoms with Crippen LogP contribution in [0.15, 0.2) is 75.6 Å². The largest absolute Gasteiger partial charge is 0.300 e. The fourth-order valence-corrected chi connectivity index (χ4v) is 7.80. The second-order valence-electron chi connectivity index (χ2n) is 9.89. The average Bonchev–Trinajstić information content (AvgIpc) is 3.71. The third-order valence-corrected chi connectivity index (χ3v) is 9.85. The molecule has 0 bridgehead atoms. The molecule has 0 unspecified atom stereocenters. The zero-order valence-corrected chi connectivity index (χ0v) is 23.3. The van der Waals surface area contributed by atoms with Gasteiger partial charge in [-0.1, -0.05) is 48.5 Å². The maximum absolute atomic E-state index is 12.2. The molecule has 2 aromatic carbocycles. The Hall–Kier alpha value is -2.68. The van der Waals surface area contributed by atoms with Crippen LogP contribution >= 0.6 is 38.6 Å². The topological polar surface area (TPSA) is 63.2 Å². The minimum Gasteiger partial charge on any atom is -0.300 e. The number of carbonyl (C=O) groups excluding carboxylic acids is 2. The molecule has 4 atom stereocenters. The Labute approximate surface area is 232 Å². The number of rotatable bonds is 1. The zero-order chi connectivity index (χ0) is 25.4. The van der Waals surface area contributed by atoms with Crippen molar-refractivity contribution < 1.29 is 9.59 Å². The van der Waals surface area contributed by atoms with Gasteiger partial charge in [-0.25, -0.2) is 9.97 Å². The number of hydrogen-bond donors (Lipinski definition) is 0. The maximum atomic E-state index is 12.2. The lowest BCUT2D eigenvalue weighted by Gasteiger charge is -2.22. The minimum atomic E-state index is 0.208. The highest BCUT2D eigenvalue weighted by molar-refractivity contribution is 9.11. The predicted octanol–water partition coefficient (Wildman–Crippen LogP) is 7.00. The molecule has 3 heterocycles. The van der Waals surface area contributed by atoms with Crippen molar-refractivity contribution in [2.24, 2.45) is 11.8 Å². The third kappa shape index (κ3) is 4.94. The number of ketones is 1. The molecule has 0 spiro atoms. The van der Waals surface area contributed by atoms with E-state index in [1.165, 1.54) is 22.3 Å². The van der Waals surface area contributed by atoms with Crippen molar-refractivity contribution >= 4 is 55.4 Å². The number of carbonyl (C=O) groups is 2. The Kier molecular flexibility index (Phi) is 7.06. The lowest BCUT2D eigenvalue weighted by molar-refractivity contribution is -0.118. The summed E-state index contributed by atoms with van der Waals surface area (Å²) in [4.78, 5) is 33.5. The first-order valence-corrected chi connectivity index (χ1v) is 15.1. The van der Waals surface area contributed by atoms with E-state index in [-0.39, 0.29) is 11.9 Å². The highest BCUT2D eigenvalue weighted by Gasteiger charge is 2.46. The molecule has 8 rings (SSSR count). The number of thiazole rings is 2. The van der Waals surface area contributed by atoms with Gasteiger partial charge in [0.1, 0.15) is 5.78 Å². The van der Waals surface area contributed by atoms with Gasteiger partial charge < -0.3 is 0 Å². The summed E-state index contributed by atoms with van der Waals surface area (Å²) in [5.74, 6) is 2.30. The number of amides is 1. The lowest BCUT2D eigenvalue weighted by atomic mass is 9.97. The molecular formula is C29H26BrN3O2S2. The minimum absolute atomic E-state index is 0.208. The first-order chi connectivity index (χ1) is 18.1. The summed E-state index contributed by atoms with van der Waals surface area (Å²) < 4.78 is 0.947. The number of aromatic nitrogens is 2. The molecule has 8 heteroatoms. The highest BCUT2D eigenvalue weighted by atomic mass is 79.9. The Bertz CT molecular complexity index is 1410. The van der Waals surface area contributed by atoms with Crippen LogP contribution in [0, 0.1) is 11.8 Å². The van der Waals surface area contributed by atoms with Gasteiger partial charge in [-0.2, -0.15) is 0 Å². The summed E-state index contributed by atoms with van der Waals surface area (Å²) in [6.07, 6.45) is 7.94. The van der Waals surface area contributed by atoms with Gasteiger partial charge in [-0.05, 0) is 68.8 Å². The Morgan fingerprint density at radius 3 is 2.11 bits per heavy atom. The zero-order valence-electron chi connectivity index (χ0n) is 20.1. The van der Waals surface area contributed by atoms with Crippen LogP contribution < -0.4 is 4.90 Å². The van der Waals surface area contributed by atoms with E-state index in [4.69, 9.17) is 0 Å². The second-order valence-corrected chi connectivity index (χ2v) is 12.9. The van der Waals surface area contributed by atoms with Gasteiger partial charge in [-0.15, -0.1) is 22.7 Å². The van der Waals surface area contributed by atoms with E-state index < -0.39 is 0 Å². The molecule has 2 fully saturated rings. The van der Waals surface area contributed by atoms with Gasteiger partial charge >= 0.3 is 0 Å². The van der Waals surface area contributed by atoms with Crippen molar-refractivity contribution in [3.8, 4) is 0 Å². The number of Topliss-reactive ketones (excluding diaryl/α,β-unsaturated/α-hetero) is 1. The fourth-order valence-electron chi connectivity index (χ4n) is 6.31. The van der Waals surface area contributed by atoms with Crippen LogP contribution in [-0.2, 0) is 22.4 Å². The summed E-state index contributed by atoms with van der Waals surface area (Å²) in [5, 5.41) is 4.69. The Balaban J connectivity index is 0.000000115. The number of halogens is 1. The van der Waals surface area contributed by atoms with E-state index in [0.29, 0.717) is 30.0 Å². The summed E-state index contributed by atoms with van der Waals surface area (Å²) in [5.41, 5.74) is 5.62. The van der Waals surface area contributed by atoms with Crippen LogP contribution in [0.2, 0.25) is 0 Å². The second kappa shape index (κ2) is 10.6. The maximum Gasteiger partial charge on any atom is 0.229 e. The van der Waals surface area contributed by atoms with Crippen LogP contribution in [0.25, 0.3) is 0 Å². The molecule has 37 heavy (non-hydrogen) atoms. The van der Waals surface area contributed by atoms with Gasteiger partial charge in [0.15, 0.2) is 9.05 Å². The first-order valence-electron chi connectivity index (χ1n) is 12.5.